The third-order valence-corrected chi connectivity index (χ3v) is 27.7. The lowest BCUT2D eigenvalue weighted by molar-refractivity contribution is 1.00. The third kappa shape index (κ3) is 15.2. The molecule has 27 aromatic rings. The fourth-order valence-corrected chi connectivity index (χ4v) is 21.3. The number of nitrogens with zero attached hydrogens (tertiary/aromatic N) is 6. The summed E-state index contributed by atoms with van der Waals surface area (Å²) < 4.78 is 6.79. The van der Waals surface area contributed by atoms with Gasteiger partial charge in [0.2, 0.25) is 0 Å². The van der Waals surface area contributed by atoms with Crippen molar-refractivity contribution in [3.63, 3.8) is 0 Å². The molecule has 656 valence electrons. The van der Waals surface area contributed by atoms with E-state index in [0.29, 0.717) is 0 Å². The van der Waals surface area contributed by atoms with E-state index in [0.717, 1.165) is 78.8 Å². The summed E-state index contributed by atoms with van der Waals surface area (Å²) in [5.41, 5.74) is 33.8. The number of imidazole rings is 3. The van der Waals surface area contributed by atoms with E-state index in [9.17, 15) is 0 Å². The molecule has 0 saturated heterocycles. The molecule has 0 saturated carbocycles. The first-order valence-corrected chi connectivity index (χ1v) is 47.9. The van der Waals surface area contributed by atoms with E-state index in [2.05, 4.69) is 536 Å². The average molecular weight is 1780 g/mol. The van der Waals surface area contributed by atoms with E-state index >= 15 is 0 Å². The van der Waals surface area contributed by atoms with Gasteiger partial charge in [-0.1, -0.05) is 437 Å². The van der Waals surface area contributed by atoms with Gasteiger partial charge in [0.15, 0.2) is 0 Å². The van der Waals surface area contributed by atoms with Crippen LogP contribution in [0.25, 0.3) is 248 Å². The highest BCUT2D eigenvalue weighted by Crippen LogP contribution is 2.50. The molecule has 0 fully saturated rings. The van der Waals surface area contributed by atoms with Crippen LogP contribution in [0.1, 0.15) is 5.82 Å². The molecule has 0 aliphatic rings. The van der Waals surface area contributed by atoms with Crippen LogP contribution in [0.3, 0.4) is 0 Å². The Morgan fingerprint density at radius 3 is 0.807 bits per heavy atom. The number of para-hydroxylation sites is 5. The molecule has 6 nitrogen and oxygen atoms in total. The molecule has 0 N–H and O–H groups in total. The Morgan fingerprint density at radius 1 is 0.143 bits per heavy atom. The maximum absolute atomic E-state index is 5.08. The van der Waals surface area contributed by atoms with Crippen molar-refractivity contribution in [3.8, 4) is 140 Å². The Labute approximate surface area is 811 Å². The summed E-state index contributed by atoms with van der Waals surface area (Å²) in [5.74, 6) is 2.87. The Balaban J connectivity index is 0.000000111. The molecule has 0 amide bonds. The quantitative estimate of drug-likeness (QED) is 0.102. The molecule has 0 radical (unpaired) electrons. The first-order valence-electron chi connectivity index (χ1n) is 47.9. The molecule has 0 bridgehead atoms. The Bertz CT molecular complexity index is 9310. The number of aryl methyl sites for hydroxylation is 1. The first-order chi connectivity index (χ1) is 69.4. The van der Waals surface area contributed by atoms with Gasteiger partial charge in [0, 0.05) is 28.2 Å². The summed E-state index contributed by atoms with van der Waals surface area (Å²) in [4.78, 5) is 15.0. The van der Waals surface area contributed by atoms with Crippen molar-refractivity contribution >= 4 is 109 Å². The summed E-state index contributed by atoms with van der Waals surface area (Å²) in [6.45, 7) is 2.07. The van der Waals surface area contributed by atoms with Crippen LogP contribution in [0.5, 0.6) is 0 Å². The minimum Gasteiger partial charge on any atom is -0.297 e. The van der Waals surface area contributed by atoms with Crippen molar-refractivity contribution in [2.24, 2.45) is 0 Å². The molecule has 140 heavy (non-hydrogen) atoms. The van der Waals surface area contributed by atoms with E-state index in [1.807, 2.05) is 12.1 Å². The zero-order valence-electron chi connectivity index (χ0n) is 76.9. The van der Waals surface area contributed by atoms with Gasteiger partial charge in [-0.05, 0) is 273 Å². The zero-order chi connectivity index (χ0) is 92.9. The largest absolute Gasteiger partial charge is 0.297 e. The monoisotopic (exact) mass is 1780 g/mol. The Morgan fingerprint density at radius 2 is 0.400 bits per heavy atom. The maximum atomic E-state index is 5.08. The van der Waals surface area contributed by atoms with Gasteiger partial charge >= 0.3 is 0 Å². The Hall–Kier alpha value is -18.5. The third-order valence-electron chi connectivity index (χ3n) is 27.7. The maximum Gasteiger partial charge on any atom is 0.145 e. The molecule has 0 unspecified atom stereocenters. The first kappa shape index (κ1) is 83.3. The van der Waals surface area contributed by atoms with Crippen molar-refractivity contribution in [1.29, 1.82) is 0 Å². The second kappa shape index (κ2) is 36.0. The van der Waals surface area contributed by atoms with Gasteiger partial charge in [-0.2, -0.15) is 0 Å². The van der Waals surface area contributed by atoms with E-state index < -0.39 is 0 Å². The highest BCUT2D eigenvalue weighted by atomic mass is 15.1. The summed E-state index contributed by atoms with van der Waals surface area (Å²) >= 11 is 0. The minimum atomic E-state index is 0.938. The second-order valence-electron chi connectivity index (χ2n) is 35.9. The van der Waals surface area contributed by atoms with Gasteiger partial charge in [0.1, 0.15) is 17.5 Å². The topological polar surface area (TPSA) is 53.5 Å². The van der Waals surface area contributed by atoms with Crippen molar-refractivity contribution in [2.75, 3.05) is 0 Å². The lowest BCUT2D eigenvalue weighted by Crippen LogP contribution is -1.98. The van der Waals surface area contributed by atoms with Crippen molar-refractivity contribution in [2.45, 2.75) is 6.92 Å². The standard InChI is InChI=1S/C49H32N2.C45H30N2.C40H28N2/c1-3-13-33(14-4-1)38-27-30-43-44(32-38)47(41-19-9-10-20-42(41)48(43)39-24-23-34-15-7-8-18-37(34)31-39)35-25-28-40(29-26-35)51-46-22-12-11-21-45(46)50-49(51)36-16-5-2-6-17-36;1-4-14-31(15-5-1)35-26-29-39-40(30-35)44(38-21-11-10-20-37(38)43(39)32-16-6-2-7-17-32)33-24-27-36(28-25-33)47-42-23-13-12-22-41(42)46-45(47)34-18-8-3-9-19-34;1-27-41-37-25-24-31(26-38(37)42(27)32-14-6-3-7-15-32)28-20-22-30(23-21-28)40-35-18-10-8-16-33(35)39(29-12-4-2-5-13-29)34-17-9-11-19-36(34)40/h1-32H;1-30H;2-26H,1H3. The summed E-state index contributed by atoms with van der Waals surface area (Å²) in [5, 5.41) is 17.6. The predicted octanol–water partition coefficient (Wildman–Crippen LogP) is 35.8. The van der Waals surface area contributed by atoms with Crippen LogP contribution in [-0.4, -0.2) is 28.7 Å². The van der Waals surface area contributed by atoms with Gasteiger partial charge < -0.3 is 0 Å². The molecular formula is C134H90N6. The summed E-state index contributed by atoms with van der Waals surface area (Å²) in [6.07, 6.45) is 0. The van der Waals surface area contributed by atoms with E-state index in [1.54, 1.807) is 0 Å². The highest BCUT2D eigenvalue weighted by molar-refractivity contribution is 6.25. The van der Waals surface area contributed by atoms with Crippen LogP contribution in [0.4, 0.5) is 0 Å². The molecule has 0 spiro atoms. The molecule has 3 aromatic heterocycles. The van der Waals surface area contributed by atoms with Gasteiger partial charge in [-0.3, -0.25) is 13.7 Å². The predicted molar refractivity (Wildman–Crippen MR) is 590 cm³/mol. The molecule has 3 heterocycles. The van der Waals surface area contributed by atoms with Crippen LogP contribution in [-0.2, 0) is 0 Å². The number of fused-ring (bicyclic) bond motifs is 10. The number of hydrogen-bond acceptors (Lipinski definition) is 3. The Kier molecular flexibility index (Phi) is 21.5. The summed E-state index contributed by atoms with van der Waals surface area (Å²) in [7, 11) is 0. The molecule has 24 aromatic carbocycles. The van der Waals surface area contributed by atoms with E-state index in [-0.39, 0.29) is 0 Å². The van der Waals surface area contributed by atoms with Crippen LogP contribution in [0, 0.1) is 6.92 Å². The number of rotatable bonds is 14. The highest BCUT2D eigenvalue weighted by Gasteiger charge is 2.25. The fraction of sp³-hybridized carbons (Fsp3) is 0.00746. The van der Waals surface area contributed by atoms with Crippen LogP contribution >= 0.6 is 0 Å². The molecule has 0 aliphatic carbocycles. The van der Waals surface area contributed by atoms with Crippen molar-refractivity contribution in [3.05, 3.63) is 534 Å². The van der Waals surface area contributed by atoms with Gasteiger partial charge in [-0.25, -0.2) is 15.0 Å². The van der Waals surface area contributed by atoms with Crippen molar-refractivity contribution in [1.82, 2.24) is 28.7 Å². The zero-order valence-corrected chi connectivity index (χ0v) is 76.9. The van der Waals surface area contributed by atoms with Gasteiger partial charge in [-0.15, -0.1) is 0 Å². The van der Waals surface area contributed by atoms with Crippen LogP contribution < -0.4 is 0 Å². The minimum absolute atomic E-state index is 0.938. The SMILES string of the molecule is Cc1nc2ccc(-c3ccc(-c4c5ccccc5c(-c5ccccc5)c5ccccc45)cc3)cc2n1-c1ccccc1.c1ccc(-c2ccc3c(-c4ccc5ccccc5c4)c4ccccc4c(-c4ccc(-n5c(-c6ccccc6)nc6ccccc65)cc4)c3c2)cc1.c1ccc(-c2ccc3c(-c4ccccc4)c4ccccc4c(-c4ccc(-n5c(-c6ccccc6)nc6ccccc65)cc4)c3c2)cc1. The van der Waals surface area contributed by atoms with E-state index in [4.69, 9.17) is 15.0 Å². The van der Waals surface area contributed by atoms with Gasteiger partial charge in [0.25, 0.3) is 0 Å². The lowest BCUT2D eigenvalue weighted by Gasteiger charge is -2.19. The number of hydrogen-bond donors (Lipinski definition) is 0. The number of benzene rings is 24. The number of aromatic nitrogens is 6. The normalized spacial score (nSPS) is 11.5. The molecule has 0 aliphatic heterocycles. The molecular weight excluding hydrogens is 1690 g/mol. The van der Waals surface area contributed by atoms with Crippen molar-refractivity contribution < 1.29 is 0 Å². The molecule has 27 rings (SSSR count). The fourth-order valence-electron chi connectivity index (χ4n) is 21.3. The summed E-state index contributed by atoms with van der Waals surface area (Å²) in [6, 6.07) is 190. The molecule has 0 atom stereocenters. The average Bonchev–Trinajstić information content (AvgIpc) is 1.50. The smallest absolute Gasteiger partial charge is 0.145 e. The lowest BCUT2D eigenvalue weighted by atomic mass is 9.84. The van der Waals surface area contributed by atoms with Gasteiger partial charge in [0.05, 0.1) is 33.1 Å². The van der Waals surface area contributed by atoms with Crippen LogP contribution in [0.2, 0.25) is 0 Å². The van der Waals surface area contributed by atoms with Crippen LogP contribution in [0.15, 0.2) is 528 Å². The molecule has 6 heteroatoms. The van der Waals surface area contributed by atoms with E-state index in [1.165, 1.54) is 176 Å². The second-order valence-corrected chi connectivity index (χ2v) is 35.9.